The molecule has 53 heavy (non-hydrogen) atoms. The van der Waals surface area contributed by atoms with Crippen LogP contribution in [-0.4, -0.2) is 95.0 Å². The van der Waals surface area contributed by atoms with Gasteiger partial charge >= 0.3 is 6.03 Å². The summed E-state index contributed by atoms with van der Waals surface area (Å²) in [6, 6.07) is -4.10. The maximum absolute atomic E-state index is 14.5. The Kier molecular flexibility index (Phi) is 13.7. The molecular formula is C40H62N6O7. The van der Waals surface area contributed by atoms with Crippen molar-refractivity contribution < 1.29 is 33.6 Å². The van der Waals surface area contributed by atoms with E-state index in [4.69, 9.17) is 0 Å². The van der Waals surface area contributed by atoms with Gasteiger partial charge in [0.1, 0.15) is 12.1 Å². The van der Waals surface area contributed by atoms with Crippen molar-refractivity contribution in [3.8, 4) is 0 Å². The minimum Gasteiger partial charge on any atom is -0.346 e. The summed E-state index contributed by atoms with van der Waals surface area (Å²) < 4.78 is 0. The van der Waals surface area contributed by atoms with Crippen molar-refractivity contribution in [2.75, 3.05) is 19.6 Å². The van der Waals surface area contributed by atoms with E-state index in [0.717, 1.165) is 32.1 Å². The first-order chi connectivity index (χ1) is 24.9. The molecule has 294 valence electrons. The van der Waals surface area contributed by atoms with Crippen molar-refractivity contribution in [3.63, 3.8) is 0 Å². The van der Waals surface area contributed by atoms with E-state index in [9.17, 15) is 33.6 Å². The van der Waals surface area contributed by atoms with E-state index < -0.39 is 59.1 Å². The van der Waals surface area contributed by atoms with Crippen molar-refractivity contribution in [3.05, 3.63) is 24.8 Å². The van der Waals surface area contributed by atoms with Crippen LogP contribution in [0.4, 0.5) is 4.79 Å². The van der Waals surface area contributed by atoms with Crippen LogP contribution in [0, 0.1) is 28.6 Å². The Balaban J connectivity index is 1.57. The molecule has 1 unspecified atom stereocenters. The zero-order valence-corrected chi connectivity index (χ0v) is 32.7. The first kappa shape index (κ1) is 41.7. The van der Waals surface area contributed by atoms with Crippen LogP contribution in [0.1, 0.15) is 112 Å². The number of carbonyl (C=O) groups excluding carboxylic acids is 7. The van der Waals surface area contributed by atoms with Crippen molar-refractivity contribution in [1.82, 2.24) is 31.1 Å². The number of nitrogens with zero attached hydrogens (tertiary/aromatic N) is 2. The van der Waals surface area contributed by atoms with E-state index in [1.807, 2.05) is 20.8 Å². The predicted molar refractivity (Wildman–Crippen MR) is 201 cm³/mol. The number of carbonyl (C=O) groups is 7. The number of hydrogen-bond donors (Lipinski definition) is 4. The standard InChI is InChI=1S/C40H62N6O7/c1-9-21-41-34(49)32(47)27-17-15-13-11-10-12-14-16-18-28(37(52)45-22-26-30(40(26,7)8)31(45)33(48)42-27)43-38(53)44-29(39(4,5)6)23-46-35(50)24(2)19-20-25(3)36(46)51/h9,25-31H,1-2,10-23H2,3-8H3,(H,41,49)(H,42,48)(H2,43,44,53)/t25?,26-,27-,28-,29+,30-,31-/m0/s1. The van der Waals surface area contributed by atoms with Crippen LogP contribution in [0.2, 0.25) is 0 Å². The highest BCUT2D eigenvalue weighted by atomic mass is 16.2. The number of urea groups is 1. The number of Topliss-reactive ketones (excluding diaryl/α,β-unsaturated/α-hetero) is 1. The minimum absolute atomic E-state index is 0.0468. The highest BCUT2D eigenvalue weighted by molar-refractivity contribution is 6.38. The second kappa shape index (κ2) is 17.4. The molecule has 1 saturated carbocycles. The summed E-state index contributed by atoms with van der Waals surface area (Å²) in [4.78, 5) is 97.5. The SMILES string of the molecule is C=CCNC(=O)C(=O)[C@@H]1CCCCCCCCC[C@H](NC(=O)N[C@H](CN2C(=O)C(=C)CCC(C)C2=O)C(C)(C)C)C(=O)N2C[C@H]3[C@@H]([C@H]2C(=O)N1)C3(C)C. The number of imide groups is 1. The Morgan fingerprint density at radius 2 is 1.58 bits per heavy atom. The fourth-order valence-electron chi connectivity index (χ4n) is 8.22. The predicted octanol–water partition coefficient (Wildman–Crippen LogP) is 3.77. The van der Waals surface area contributed by atoms with Gasteiger partial charge in [0.25, 0.3) is 11.8 Å². The Morgan fingerprint density at radius 3 is 2.21 bits per heavy atom. The van der Waals surface area contributed by atoms with E-state index in [2.05, 4.69) is 48.3 Å². The molecule has 4 rings (SSSR count). The van der Waals surface area contributed by atoms with Crippen LogP contribution in [0.25, 0.3) is 0 Å². The van der Waals surface area contributed by atoms with Gasteiger partial charge < -0.3 is 26.2 Å². The van der Waals surface area contributed by atoms with E-state index in [0.29, 0.717) is 50.6 Å². The second-order valence-corrected chi connectivity index (χ2v) is 17.3. The van der Waals surface area contributed by atoms with Gasteiger partial charge in [-0.25, -0.2) is 4.79 Å². The molecule has 13 nitrogen and oxygen atoms in total. The third kappa shape index (κ3) is 9.94. The van der Waals surface area contributed by atoms with E-state index in [-0.39, 0.29) is 48.1 Å². The lowest BCUT2D eigenvalue weighted by Gasteiger charge is -2.36. The molecular weight excluding hydrogens is 676 g/mol. The van der Waals surface area contributed by atoms with Gasteiger partial charge in [0.2, 0.25) is 23.5 Å². The van der Waals surface area contributed by atoms with Crippen LogP contribution in [0.15, 0.2) is 24.8 Å². The maximum atomic E-state index is 14.5. The number of amides is 7. The van der Waals surface area contributed by atoms with Gasteiger partial charge in [-0.15, -0.1) is 6.58 Å². The summed E-state index contributed by atoms with van der Waals surface area (Å²) in [5, 5.41) is 11.3. The van der Waals surface area contributed by atoms with Crippen molar-refractivity contribution >= 4 is 41.4 Å². The van der Waals surface area contributed by atoms with E-state index >= 15 is 0 Å². The lowest BCUT2D eigenvalue weighted by atomic mass is 9.86. The highest BCUT2D eigenvalue weighted by Gasteiger charge is 2.69. The number of likely N-dealkylation sites (tertiary alicyclic amines) is 1. The summed E-state index contributed by atoms with van der Waals surface area (Å²) in [5.41, 5.74) is -0.416. The molecule has 1 aliphatic carbocycles. The van der Waals surface area contributed by atoms with E-state index in [1.54, 1.807) is 11.8 Å². The summed E-state index contributed by atoms with van der Waals surface area (Å²) in [7, 11) is 0. The fraction of sp³-hybridized carbons (Fsp3) is 0.725. The topological polar surface area (TPSA) is 174 Å². The van der Waals surface area contributed by atoms with Gasteiger partial charge in [-0.3, -0.25) is 33.7 Å². The zero-order valence-electron chi connectivity index (χ0n) is 32.7. The normalized spacial score (nSPS) is 29.2. The van der Waals surface area contributed by atoms with Crippen LogP contribution >= 0.6 is 0 Å². The largest absolute Gasteiger partial charge is 0.346 e. The number of ketones is 1. The maximum Gasteiger partial charge on any atom is 0.315 e. The van der Waals surface area contributed by atoms with Crippen LogP contribution in [0.3, 0.4) is 0 Å². The number of hydrogen-bond acceptors (Lipinski definition) is 7. The molecule has 3 saturated heterocycles. The quantitative estimate of drug-likeness (QED) is 0.127. The Labute approximate surface area is 314 Å². The number of nitrogens with one attached hydrogen (secondary N) is 4. The van der Waals surface area contributed by atoms with Gasteiger partial charge in [-0.05, 0) is 48.3 Å². The molecule has 7 amide bonds. The molecule has 7 atom stereocenters. The molecule has 4 fully saturated rings. The highest BCUT2D eigenvalue weighted by Crippen LogP contribution is 2.65. The monoisotopic (exact) mass is 738 g/mol. The second-order valence-electron chi connectivity index (χ2n) is 17.3. The molecule has 0 aromatic heterocycles. The number of fused-ring (bicyclic) bond motifs is 3. The Hall–Kier alpha value is -4.03. The first-order valence-corrected chi connectivity index (χ1v) is 19.5. The van der Waals surface area contributed by atoms with Crippen LogP contribution < -0.4 is 21.3 Å². The minimum atomic E-state index is -1.03. The molecule has 13 heteroatoms. The Morgan fingerprint density at radius 1 is 0.962 bits per heavy atom. The summed E-state index contributed by atoms with van der Waals surface area (Å²) >= 11 is 0. The third-order valence-corrected chi connectivity index (χ3v) is 11.9. The zero-order chi connectivity index (χ0) is 39.2. The molecule has 0 aromatic carbocycles. The average molecular weight is 739 g/mol. The van der Waals surface area contributed by atoms with Gasteiger partial charge in [-0.1, -0.05) is 99.1 Å². The Bertz CT molecular complexity index is 1470. The van der Waals surface area contributed by atoms with Gasteiger partial charge in [0, 0.05) is 31.1 Å². The molecule has 0 spiro atoms. The van der Waals surface area contributed by atoms with E-state index in [1.165, 1.54) is 11.0 Å². The molecule has 3 aliphatic heterocycles. The molecule has 0 aromatic rings. The average Bonchev–Trinajstić information content (AvgIpc) is 3.42. The number of rotatable bonds is 8. The first-order valence-electron chi connectivity index (χ1n) is 19.5. The van der Waals surface area contributed by atoms with Gasteiger partial charge in [-0.2, -0.15) is 0 Å². The molecule has 0 radical (unpaired) electrons. The van der Waals surface area contributed by atoms with Gasteiger partial charge in [0.05, 0.1) is 12.1 Å². The number of piperidine rings is 1. The lowest BCUT2D eigenvalue weighted by Crippen LogP contribution is -2.60. The molecule has 0 bridgehead atoms. The molecule has 4 N–H and O–H groups in total. The van der Waals surface area contributed by atoms with Crippen LogP contribution in [0.5, 0.6) is 0 Å². The van der Waals surface area contributed by atoms with Crippen molar-refractivity contribution in [1.29, 1.82) is 0 Å². The smallest absolute Gasteiger partial charge is 0.315 e. The lowest BCUT2D eigenvalue weighted by molar-refractivity contribution is -0.145. The van der Waals surface area contributed by atoms with Crippen LogP contribution in [-0.2, 0) is 28.8 Å². The molecule has 3 heterocycles. The fourth-order valence-corrected chi connectivity index (χ4v) is 8.22. The molecule has 4 aliphatic rings. The third-order valence-electron chi connectivity index (χ3n) is 11.9. The van der Waals surface area contributed by atoms with Gasteiger partial charge in [0.15, 0.2) is 0 Å². The summed E-state index contributed by atoms with van der Waals surface area (Å²) in [5.74, 6) is -3.56. The summed E-state index contributed by atoms with van der Waals surface area (Å²) in [6.07, 6.45) is 8.98. The van der Waals surface area contributed by atoms with Crippen molar-refractivity contribution in [2.24, 2.45) is 28.6 Å². The summed E-state index contributed by atoms with van der Waals surface area (Å²) in [6.45, 7) is 19.5. The van der Waals surface area contributed by atoms with Crippen molar-refractivity contribution in [2.45, 2.75) is 136 Å².